The van der Waals surface area contributed by atoms with Gasteiger partial charge in [-0.05, 0) is 95.3 Å². The molecule has 2 heterocycles. The first-order valence-electron chi connectivity index (χ1n) is 15.9. The van der Waals surface area contributed by atoms with Crippen LogP contribution in [-0.4, -0.2) is 81.7 Å². The van der Waals surface area contributed by atoms with Crippen LogP contribution in [0.4, 0.5) is 50.7 Å². The molecule has 64 heavy (non-hydrogen) atoms. The molecule has 4 aromatic carbocycles. The number of sulfone groups is 1. The fourth-order valence-electron chi connectivity index (χ4n) is 4.97. The third kappa shape index (κ3) is 15.5. The second-order valence-electron chi connectivity index (χ2n) is 11.5. The zero-order chi connectivity index (χ0) is 44.1. The summed E-state index contributed by atoms with van der Waals surface area (Å²) in [6.45, 7) is -0.907. The standard InChI is InChI=1S/C30H22Cl2FN11O13S4.3Na/c31-25-37-26(32)39-28(38-25)35-16-3-7-19-14(11-16)12-21(58-57-56-46)23(24(19)45)44-43-20-13-17(4-8-22(20)60(49,50)51)36-30-41-27(33)40-29(42-30)34-15-1-5-18(6-2-15)59(47,48)10-9-55-61(52,53)54;;;/h1-8,11-13,45-46H,9-10H2,(H,49,50,51)(H,52,53,54)(H,35,37,38,39)(H2,34,36,40,41,42);;;/q;3*+1/p-3. The van der Waals surface area contributed by atoms with Crippen LogP contribution in [0.1, 0.15) is 0 Å². The average Bonchev–Trinajstić information content (AvgIpc) is 3.15. The Morgan fingerprint density at radius 3 is 1.89 bits per heavy atom. The maximum atomic E-state index is 14.6. The Labute approximate surface area is 441 Å². The molecule has 0 radical (unpaired) electrons. The van der Waals surface area contributed by atoms with E-state index in [1.54, 1.807) is 0 Å². The summed E-state index contributed by atoms with van der Waals surface area (Å²) in [7, 11) is -14.4. The molecular formula is C30H19Cl2FN11Na3O13S4. The van der Waals surface area contributed by atoms with E-state index in [0.717, 1.165) is 30.3 Å². The Hall–Kier alpha value is -2.57. The summed E-state index contributed by atoms with van der Waals surface area (Å²) in [6.07, 6.45) is -1.31. The summed E-state index contributed by atoms with van der Waals surface area (Å²) >= 11 is 12.0. The topological polar surface area (TPSA) is 358 Å². The summed E-state index contributed by atoms with van der Waals surface area (Å²) in [5.41, 5.74) is -0.504. The van der Waals surface area contributed by atoms with Gasteiger partial charge in [0.2, 0.25) is 38.8 Å². The number of aromatic nitrogens is 6. The van der Waals surface area contributed by atoms with Gasteiger partial charge in [-0.2, -0.15) is 38.6 Å². The van der Waals surface area contributed by atoms with Gasteiger partial charge in [-0.15, -0.1) is 10.2 Å². The molecule has 0 unspecified atom stereocenters. The van der Waals surface area contributed by atoms with E-state index in [-0.39, 0.29) is 137 Å². The van der Waals surface area contributed by atoms with E-state index in [1.165, 1.54) is 36.4 Å². The van der Waals surface area contributed by atoms with Gasteiger partial charge in [0.1, 0.15) is 21.5 Å². The van der Waals surface area contributed by atoms with Gasteiger partial charge >= 0.3 is 94.8 Å². The minimum atomic E-state index is -5.22. The predicted octanol–water partition coefficient (Wildman–Crippen LogP) is -4.60. The van der Waals surface area contributed by atoms with Gasteiger partial charge in [-0.3, -0.25) is 9.22 Å². The fourth-order valence-corrected chi connectivity index (χ4v) is 7.90. The molecule has 0 atom stereocenters. The molecule has 0 fully saturated rings. The van der Waals surface area contributed by atoms with Crippen LogP contribution in [-0.2, 0) is 43.9 Å². The van der Waals surface area contributed by atoms with Crippen LogP contribution < -0.4 is 110 Å². The monoisotopic (exact) mass is 1030 g/mol. The molecule has 6 rings (SSSR count). The Morgan fingerprint density at radius 2 is 1.30 bits per heavy atom. The van der Waals surface area contributed by atoms with Crippen LogP contribution >= 0.6 is 35.2 Å². The smallest absolute Gasteiger partial charge is 0.744 e. The number of hydrogen-bond acceptors (Lipinski definition) is 25. The number of phenolic OH excluding ortho intramolecular Hbond substituents is 1. The number of anilines is 6. The second kappa shape index (κ2) is 23.9. The number of rotatable bonds is 17. The van der Waals surface area contributed by atoms with Crippen LogP contribution in [0.5, 0.6) is 5.75 Å². The fraction of sp³-hybridized carbons (Fsp3) is 0.0667. The van der Waals surface area contributed by atoms with Crippen molar-refractivity contribution in [3.05, 3.63) is 83.4 Å². The van der Waals surface area contributed by atoms with Gasteiger partial charge in [-0.25, -0.2) is 25.3 Å². The van der Waals surface area contributed by atoms with Crippen LogP contribution in [0.3, 0.4) is 0 Å². The van der Waals surface area contributed by atoms with E-state index in [0.29, 0.717) is 23.1 Å². The Balaban J connectivity index is 0.00000363. The van der Waals surface area contributed by atoms with Crippen molar-refractivity contribution >= 4 is 123 Å². The Morgan fingerprint density at radius 1 is 0.734 bits per heavy atom. The molecule has 0 amide bonds. The van der Waals surface area contributed by atoms with Gasteiger partial charge < -0.3 is 35.4 Å². The number of halogens is 3. The molecular weight excluding hydrogens is 1010 g/mol. The van der Waals surface area contributed by atoms with Gasteiger partial charge in [0, 0.05) is 22.4 Å². The zero-order valence-corrected chi connectivity index (χ0v) is 43.2. The van der Waals surface area contributed by atoms with Gasteiger partial charge in [0.05, 0.1) is 39.1 Å². The molecule has 4 N–H and O–H groups in total. The number of hydrogen-bond donors (Lipinski definition) is 4. The van der Waals surface area contributed by atoms with E-state index in [1.807, 2.05) is 0 Å². The van der Waals surface area contributed by atoms with E-state index in [2.05, 4.69) is 69.6 Å². The summed E-state index contributed by atoms with van der Waals surface area (Å²) < 4.78 is 116. The van der Waals surface area contributed by atoms with Crippen LogP contribution in [0.15, 0.2) is 91.6 Å². The number of fused-ring (bicyclic) bond motifs is 1. The molecule has 24 nitrogen and oxygen atoms in total. The van der Waals surface area contributed by atoms with Gasteiger partial charge in [0.25, 0.3) is 0 Å². The molecule has 2 aromatic heterocycles. The number of azo groups is 1. The first kappa shape index (κ1) is 55.8. The first-order valence-corrected chi connectivity index (χ1v) is 21.8. The number of nitrogens with one attached hydrogen (secondary N) is 3. The molecule has 0 aliphatic carbocycles. The largest absolute Gasteiger partial charge is 1.00 e. The molecule has 0 saturated carbocycles. The summed E-state index contributed by atoms with van der Waals surface area (Å²) in [4.78, 5) is 21.3. The second-order valence-corrected chi connectivity index (χ2v) is 17.4. The number of aromatic hydroxyl groups is 1. The van der Waals surface area contributed by atoms with Crippen molar-refractivity contribution in [3.63, 3.8) is 0 Å². The zero-order valence-electron chi connectivity index (χ0n) is 32.5. The van der Waals surface area contributed by atoms with E-state index in [9.17, 15) is 49.1 Å². The molecule has 0 bridgehead atoms. The van der Waals surface area contributed by atoms with E-state index in [4.69, 9.17) is 23.2 Å². The minimum absolute atomic E-state index is 0. The minimum Gasteiger partial charge on any atom is -0.744 e. The molecule has 0 saturated heterocycles. The molecule has 6 aromatic rings. The first-order chi connectivity index (χ1) is 28.8. The van der Waals surface area contributed by atoms with Crippen LogP contribution in [0.2, 0.25) is 10.6 Å². The van der Waals surface area contributed by atoms with E-state index >= 15 is 0 Å². The van der Waals surface area contributed by atoms with Crippen molar-refractivity contribution in [1.29, 1.82) is 0 Å². The summed E-state index contributed by atoms with van der Waals surface area (Å²) in [5, 5.41) is 41.4. The molecule has 0 aliphatic rings. The van der Waals surface area contributed by atoms with Crippen molar-refractivity contribution in [1.82, 2.24) is 29.9 Å². The SMILES string of the molecule is O=S(=O)([O-])OCCS(=O)(=O)c1ccc(Nc2nc(F)nc(Nc3ccc(S(=O)(=O)[O-])c(N=Nc4c(SOO[O-])cc5cc(Nc6nc(Cl)nc(Cl)n6)ccc5c4O)c3)n2)cc1.[Na+].[Na+].[Na+]. The third-order valence-corrected chi connectivity index (χ3v) is 11.4. The van der Waals surface area contributed by atoms with Crippen molar-refractivity contribution < 1.29 is 151 Å². The summed E-state index contributed by atoms with van der Waals surface area (Å²) in [5.74, 6) is -2.24. The maximum Gasteiger partial charge on any atom is 1.00 e. The Bertz CT molecular complexity index is 3010. The predicted molar refractivity (Wildman–Crippen MR) is 206 cm³/mol. The van der Waals surface area contributed by atoms with Crippen molar-refractivity contribution in [3.8, 4) is 5.75 Å². The van der Waals surface area contributed by atoms with Gasteiger partial charge in [-0.1, -0.05) is 0 Å². The van der Waals surface area contributed by atoms with Crippen LogP contribution in [0.25, 0.3) is 10.8 Å². The number of benzene rings is 4. The Kier molecular flexibility index (Phi) is 20.9. The molecule has 320 valence electrons. The molecule has 34 heteroatoms. The molecule has 0 spiro atoms. The van der Waals surface area contributed by atoms with E-state index < -0.39 is 77.0 Å². The maximum absolute atomic E-state index is 14.6. The van der Waals surface area contributed by atoms with Gasteiger partial charge in [0.15, 0.2) is 15.6 Å². The van der Waals surface area contributed by atoms with Crippen LogP contribution in [0, 0.1) is 6.08 Å². The average molecular weight is 1030 g/mol. The van der Waals surface area contributed by atoms with Crippen molar-refractivity contribution in [2.24, 2.45) is 10.2 Å². The van der Waals surface area contributed by atoms with Crippen molar-refractivity contribution in [2.45, 2.75) is 14.7 Å². The normalized spacial score (nSPS) is 11.7. The third-order valence-electron chi connectivity index (χ3n) is 7.44. The quantitative estimate of drug-likeness (QED) is 0.0127. The number of nitrogens with zero attached hydrogens (tertiary/aromatic N) is 8. The summed E-state index contributed by atoms with van der Waals surface area (Å²) in [6, 6.07) is 13.5. The number of phenols is 1. The molecule has 0 aliphatic heterocycles. The van der Waals surface area contributed by atoms with Crippen molar-refractivity contribution in [2.75, 3.05) is 28.3 Å².